The van der Waals surface area contributed by atoms with Crippen LogP contribution in [0.3, 0.4) is 0 Å². The summed E-state index contributed by atoms with van der Waals surface area (Å²) in [7, 11) is 0. The molecule has 0 unspecified atom stereocenters. The summed E-state index contributed by atoms with van der Waals surface area (Å²) in [6.07, 6.45) is 1.18. The molecule has 0 saturated heterocycles. The van der Waals surface area contributed by atoms with Gasteiger partial charge in [-0.2, -0.15) is 0 Å². The van der Waals surface area contributed by atoms with Crippen molar-refractivity contribution in [2.75, 3.05) is 32.8 Å². The van der Waals surface area contributed by atoms with E-state index in [0.717, 1.165) is 32.8 Å². The predicted octanol–water partition coefficient (Wildman–Crippen LogP) is 1.39. The molecule has 14 heavy (non-hydrogen) atoms. The van der Waals surface area contributed by atoms with Gasteiger partial charge in [-0.15, -0.1) is 0 Å². The van der Waals surface area contributed by atoms with Crippen molar-refractivity contribution in [1.82, 2.24) is 10.6 Å². The lowest BCUT2D eigenvalue weighted by molar-refractivity contribution is -0.000745. The quantitative estimate of drug-likeness (QED) is 0.584. The van der Waals surface area contributed by atoms with Gasteiger partial charge in [0.05, 0.1) is 12.2 Å². The van der Waals surface area contributed by atoms with Crippen LogP contribution in [0, 0.1) is 0 Å². The standard InChI is InChI=1S/C11H26N2O/c1-5-12-7-6-8-13-9-10-14-11(2,3)4/h12-13H,5-10H2,1-4H3. The Bertz CT molecular complexity index is 121. The van der Waals surface area contributed by atoms with Crippen molar-refractivity contribution in [1.29, 1.82) is 0 Å². The molecule has 86 valence electrons. The molecule has 0 aliphatic rings. The van der Waals surface area contributed by atoms with Crippen molar-refractivity contribution in [2.24, 2.45) is 0 Å². The van der Waals surface area contributed by atoms with E-state index in [9.17, 15) is 0 Å². The summed E-state index contributed by atoms with van der Waals surface area (Å²) in [5.41, 5.74) is -0.00849. The van der Waals surface area contributed by atoms with Crippen LogP contribution in [0.5, 0.6) is 0 Å². The number of nitrogens with one attached hydrogen (secondary N) is 2. The third-order valence-corrected chi connectivity index (χ3v) is 1.77. The van der Waals surface area contributed by atoms with Crippen LogP contribution in [0.15, 0.2) is 0 Å². The van der Waals surface area contributed by atoms with Gasteiger partial charge < -0.3 is 15.4 Å². The lowest BCUT2D eigenvalue weighted by atomic mass is 10.2. The first kappa shape index (κ1) is 13.9. The van der Waals surface area contributed by atoms with Crippen molar-refractivity contribution in [3.8, 4) is 0 Å². The Labute approximate surface area is 88.6 Å². The molecular weight excluding hydrogens is 176 g/mol. The lowest BCUT2D eigenvalue weighted by Gasteiger charge is -2.19. The first-order valence-electron chi connectivity index (χ1n) is 5.61. The number of rotatable bonds is 8. The summed E-state index contributed by atoms with van der Waals surface area (Å²) in [5.74, 6) is 0. The lowest BCUT2D eigenvalue weighted by Crippen LogP contribution is -2.28. The summed E-state index contributed by atoms with van der Waals surface area (Å²) >= 11 is 0. The van der Waals surface area contributed by atoms with Crippen LogP contribution in [-0.4, -0.2) is 38.4 Å². The largest absolute Gasteiger partial charge is 0.375 e. The fraction of sp³-hybridized carbons (Fsp3) is 1.00. The fourth-order valence-corrected chi connectivity index (χ4v) is 1.07. The maximum atomic E-state index is 5.58. The van der Waals surface area contributed by atoms with E-state index in [0.29, 0.717) is 0 Å². The highest BCUT2D eigenvalue weighted by molar-refractivity contribution is 4.59. The monoisotopic (exact) mass is 202 g/mol. The van der Waals surface area contributed by atoms with Crippen molar-refractivity contribution >= 4 is 0 Å². The molecule has 0 aliphatic heterocycles. The highest BCUT2D eigenvalue weighted by atomic mass is 16.5. The van der Waals surface area contributed by atoms with Crippen LogP contribution in [0.25, 0.3) is 0 Å². The smallest absolute Gasteiger partial charge is 0.0599 e. The Hall–Kier alpha value is -0.120. The van der Waals surface area contributed by atoms with Crippen molar-refractivity contribution in [3.63, 3.8) is 0 Å². The van der Waals surface area contributed by atoms with Gasteiger partial charge >= 0.3 is 0 Å². The zero-order chi connectivity index (χ0) is 10.9. The number of ether oxygens (including phenoxy) is 1. The Kier molecular flexibility index (Phi) is 8.14. The molecule has 0 saturated carbocycles. The average Bonchev–Trinajstić information content (AvgIpc) is 2.08. The first-order valence-corrected chi connectivity index (χ1v) is 5.61. The van der Waals surface area contributed by atoms with E-state index in [1.54, 1.807) is 0 Å². The fourth-order valence-electron chi connectivity index (χ4n) is 1.07. The van der Waals surface area contributed by atoms with Crippen molar-refractivity contribution in [3.05, 3.63) is 0 Å². The van der Waals surface area contributed by atoms with E-state index in [2.05, 4.69) is 38.3 Å². The molecule has 0 aromatic rings. The maximum absolute atomic E-state index is 5.58. The van der Waals surface area contributed by atoms with Crippen molar-refractivity contribution in [2.45, 2.75) is 39.7 Å². The van der Waals surface area contributed by atoms with E-state index in [1.165, 1.54) is 6.42 Å². The van der Waals surface area contributed by atoms with E-state index in [4.69, 9.17) is 4.74 Å². The van der Waals surface area contributed by atoms with Crippen LogP contribution in [0.2, 0.25) is 0 Å². The van der Waals surface area contributed by atoms with Gasteiger partial charge in [0.2, 0.25) is 0 Å². The Balaban J connectivity index is 2.99. The molecule has 0 rings (SSSR count). The normalized spacial score (nSPS) is 12.0. The molecule has 0 radical (unpaired) electrons. The molecular formula is C11H26N2O. The summed E-state index contributed by atoms with van der Waals surface area (Å²) in [4.78, 5) is 0. The van der Waals surface area contributed by atoms with Crippen LogP contribution in [0.1, 0.15) is 34.1 Å². The first-order chi connectivity index (χ1) is 6.56. The third kappa shape index (κ3) is 11.9. The topological polar surface area (TPSA) is 33.3 Å². The zero-order valence-electron chi connectivity index (χ0n) is 10.2. The SMILES string of the molecule is CCNCCCNCCOC(C)(C)C. The molecule has 0 heterocycles. The van der Waals surface area contributed by atoms with Gasteiger partial charge in [0.25, 0.3) is 0 Å². The molecule has 0 aromatic carbocycles. The Morgan fingerprint density at radius 3 is 2.21 bits per heavy atom. The van der Waals surface area contributed by atoms with E-state index < -0.39 is 0 Å². The highest BCUT2D eigenvalue weighted by Gasteiger charge is 2.08. The minimum absolute atomic E-state index is 0.00849. The molecule has 0 aliphatic carbocycles. The van der Waals surface area contributed by atoms with Crippen LogP contribution >= 0.6 is 0 Å². The third-order valence-electron chi connectivity index (χ3n) is 1.77. The van der Waals surface area contributed by atoms with Crippen LogP contribution < -0.4 is 10.6 Å². The molecule has 0 bridgehead atoms. The second kappa shape index (κ2) is 8.21. The minimum Gasteiger partial charge on any atom is -0.375 e. The minimum atomic E-state index is -0.00849. The molecule has 0 atom stereocenters. The van der Waals surface area contributed by atoms with Crippen molar-refractivity contribution < 1.29 is 4.74 Å². The molecule has 0 aromatic heterocycles. The molecule has 2 N–H and O–H groups in total. The van der Waals surface area contributed by atoms with Crippen LogP contribution in [0.4, 0.5) is 0 Å². The van der Waals surface area contributed by atoms with Gasteiger partial charge in [-0.3, -0.25) is 0 Å². The van der Waals surface area contributed by atoms with E-state index in [1.807, 2.05) is 0 Å². The molecule has 0 fully saturated rings. The van der Waals surface area contributed by atoms with Gasteiger partial charge in [0, 0.05) is 6.54 Å². The second-order valence-electron chi connectivity index (χ2n) is 4.42. The van der Waals surface area contributed by atoms with Gasteiger partial charge in [-0.25, -0.2) is 0 Å². The van der Waals surface area contributed by atoms with Gasteiger partial charge in [-0.05, 0) is 46.8 Å². The Morgan fingerprint density at radius 1 is 1.00 bits per heavy atom. The number of hydrogen-bond acceptors (Lipinski definition) is 3. The van der Waals surface area contributed by atoms with E-state index in [-0.39, 0.29) is 5.60 Å². The highest BCUT2D eigenvalue weighted by Crippen LogP contribution is 2.04. The molecule has 0 amide bonds. The second-order valence-corrected chi connectivity index (χ2v) is 4.42. The van der Waals surface area contributed by atoms with Crippen LogP contribution in [-0.2, 0) is 4.74 Å². The predicted molar refractivity (Wildman–Crippen MR) is 61.7 cm³/mol. The average molecular weight is 202 g/mol. The van der Waals surface area contributed by atoms with E-state index >= 15 is 0 Å². The Morgan fingerprint density at radius 2 is 1.64 bits per heavy atom. The summed E-state index contributed by atoms with van der Waals surface area (Å²) < 4.78 is 5.58. The summed E-state index contributed by atoms with van der Waals surface area (Å²) in [5, 5.41) is 6.64. The summed E-state index contributed by atoms with van der Waals surface area (Å²) in [6.45, 7) is 13.4. The zero-order valence-corrected chi connectivity index (χ0v) is 10.2. The molecule has 3 nitrogen and oxygen atoms in total. The molecule has 0 spiro atoms. The molecule has 3 heteroatoms. The van der Waals surface area contributed by atoms with Gasteiger partial charge in [0.15, 0.2) is 0 Å². The van der Waals surface area contributed by atoms with Gasteiger partial charge in [0.1, 0.15) is 0 Å². The number of hydrogen-bond donors (Lipinski definition) is 2. The van der Waals surface area contributed by atoms with Gasteiger partial charge in [-0.1, -0.05) is 6.92 Å². The summed E-state index contributed by atoms with van der Waals surface area (Å²) in [6, 6.07) is 0. The maximum Gasteiger partial charge on any atom is 0.0599 e.